The Morgan fingerprint density at radius 2 is 1.59 bits per heavy atom. The molecule has 9 rings (SSSR count). The number of carbonyl (C=O) groups is 4. The van der Waals surface area contributed by atoms with E-state index in [0.29, 0.717) is 46.8 Å². The lowest BCUT2D eigenvalue weighted by Crippen LogP contribution is -2.74. The van der Waals surface area contributed by atoms with E-state index in [1.54, 1.807) is 17.2 Å². The van der Waals surface area contributed by atoms with Crippen LogP contribution < -0.4 is 25.2 Å². The van der Waals surface area contributed by atoms with Crippen LogP contribution in [0.3, 0.4) is 0 Å². The van der Waals surface area contributed by atoms with Crippen LogP contribution in [-0.2, 0) is 16.1 Å². The Kier molecular flexibility index (Phi) is 10.5. The molecule has 13 nitrogen and oxygen atoms in total. The molecule has 0 unspecified atom stereocenters. The van der Waals surface area contributed by atoms with Crippen molar-refractivity contribution in [3.63, 3.8) is 0 Å². The first-order valence-corrected chi connectivity index (χ1v) is 21.7. The van der Waals surface area contributed by atoms with Gasteiger partial charge in [0.25, 0.3) is 11.8 Å². The van der Waals surface area contributed by atoms with Gasteiger partial charge in [0, 0.05) is 110 Å². The third-order valence-electron chi connectivity index (χ3n) is 14.1. The summed E-state index contributed by atoms with van der Waals surface area (Å²) in [6.07, 6.45) is 4.36. The first kappa shape index (κ1) is 40.4. The zero-order valence-corrected chi connectivity index (χ0v) is 35.4. The van der Waals surface area contributed by atoms with Crippen LogP contribution in [0.2, 0.25) is 0 Å². The Balaban J connectivity index is 0.733. The molecular weight excluding hydrogens is 769 g/mol. The van der Waals surface area contributed by atoms with E-state index in [1.165, 1.54) is 0 Å². The third kappa shape index (κ3) is 7.45. The minimum Gasteiger partial charge on any atom is -0.488 e. The quantitative estimate of drug-likeness (QED) is 0.207. The Labute approximate surface area is 357 Å². The maximum atomic E-state index is 13.6. The molecule has 3 aromatic carbocycles. The van der Waals surface area contributed by atoms with Gasteiger partial charge in [-0.1, -0.05) is 27.7 Å². The molecule has 13 heteroatoms. The molecule has 0 spiro atoms. The van der Waals surface area contributed by atoms with Crippen LogP contribution in [0.15, 0.2) is 72.9 Å². The number of anilines is 2. The van der Waals surface area contributed by atoms with Crippen LogP contribution in [-0.4, -0.2) is 102 Å². The van der Waals surface area contributed by atoms with Crippen LogP contribution in [0.1, 0.15) is 85.2 Å². The molecule has 3 saturated heterocycles. The molecule has 1 aliphatic carbocycles. The number of piperidine rings is 2. The number of benzene rings is 3. The van der Waals surface area contributed by atoms with Crippen LogP contribution >= 0.6 is 0 Å². The van der Waals surface area contributed by atoms with Crippen LogP contribution in [0.25, 0.3) is 10.9 Å². The van der Waals surface area contributed by atoms with Crippen molar-refractivity contribution < 1.29 is 23.9 Å². The minimum absolute atomic E-state index is 0.0920. The number of piperazine rings is 1. The second-order valence-electron chi connectivity index (χ2n) is 18.7. The molecule has 5 heterocycles. The number of imide groups is 1. The lowest BCUT2D eigenvalue weighted by Gasteiger charge is -2.63. The van der Waals surface area contributed by atoms with E-state index < -0.39 is 6.04 Å². The summed E-state index contributed by atoms with van der Waals surface area (Å²) >= 11 is 0. The highest BCUT2D eigenvalue weighted by Gasteiger charge is 2.64. The summed E-state index contributed by atoms with van der Waals surface area (Å²) in [5.41, 5.74) is 4.91. The number of rotatable bonds is 9. The van der Waals surface area contributed by atoms with E-state index in [-0.39, 0.29) is 53.0 Å². The number of carbonyl (C=O) groups excluding carboxylic acids is 4. The van der Waals surface area contributed by atoms with Gasteiger partial charge in [0.2, 0.25) is 11.8 Å². The van der Waals surface area contributed by atoms with Crippen molar-refractivity contribution in [2.45, 2.75) is 78.1 Å². The van der Waals surface area contributed by atoms with E-state index in [4.69, 9.17) is 4.74 Å². The van der Waals surface area contributed by atoms with Crippen molar-refractivity contribution in [1.29, 1.82) is 5.26 Å². The fraction of sp³-hybridized carbons (Fsp3) is 0.458. The van der Waals surface area contributed by atoms with E-state index >= 15 is 0 Å². The van der Waals surface area contributed by atoms with Gasteiger partial charge in [0.1, 0.15) is 24.0 Å². The summed E-state index contributed by atoms with van der Waals surface area (Å²) in [4.78, 5) is 64.4. The Morgan fingerprint density at radius 3 is 2.30 bits per heavy atom. The zero-order valence-electron chi connectivity index (χ0n) is 35.4. The fourth-order valence-electron chi connectivity index (χ4n) is 11.0. The number of hydrogen-bond donors (Lipinski definition) is 2. The van der Waals surface area contributed by atoms with Gasteiger partial charge in [-0.3, -0.25) is 34.4 Å². The molecule has 4 fully saturated rings. The van der Waals surface area contributed by atoms with Gasteiger partial charge in [-0.25, -0.2) is 0 Å². The second-order valence-corrected chi connectivity index (χ2v) is 18.7. The molecule has 1 aromatic heterocycles. The monoisotopic (exact) mass is 822 g/mol. The normalized spacial score (nSPS) is 23.9. The van der Waals surface area contributed by atoms with E-state index in [2.05, 4.69) is 82.3 Å². The van der Waals surface area contributed by atoms with Gasteiger partial charge in [-0.05, 0) is 97.5 Å². The highest BCUT2D eigenvalue weighted by atomic mass is 16.5. The minimum atomic E-state index is -0.603. The number of nitriles is 1. The van der Waals surface area contributed by atoms with Crippen molar-refractivity contribution in [1.82, 2.24) is 25.4 Å². The molecular formula is C48H54N8O5. The average molecular weight is 823 g/mol. The average Bonchev–Trinajstić information content (AvgIpc) is 3.59. The molecule has 2 N–H and O–H groups in total. The number of amides is 4. The predicted octanol–water partition coefficient (Wildman–Crippen LogP) is 5.52. The molecule has 1 saturated carbocycles. The number of fused-ring (bicyclic) bond motifs is 2. The number of nitrogens with one attached hydrogen (secondary N) is 2. The summed E-state index contributed by atoms with van der Waals surface area (Å²) in [6, 6.07) is 22.9. The standard InChI is InChI=1S/C48H54N8O5/c1-47(2)45(48(3,4)46(47)61-39-15-9-32(27-49)41-37(39)6-5-19-50-41)52-42(58)31-7-10-34(11-8-31)54-20-17-30(18-21-54)28-53-22-24-55(25-23-53)35-12-13-36-33(26-35)29-56(44(36)60)38-14-16-40(57)51-43(38)59/h5-13,15,19,26,30,38,45-46H,14,16-18,20-25,28-29H2,1-4H3,(H,52,58)(H,51,57,59)/t38-,45?,46?/m0/s1. The van der Waals surface area contributed by atoms with E-state index in [0.717, 1.165) is 81.0 Å². The number of aromatic nitrogens is 1. The highest BCUT2D eigenvalue weighted by molar-refractivity contribution is 6.05. The molecule has 4 aromatic rings. The molecule has 61 heavy (non-hydrogen) atoms. The second kappa shape index (κ2) is 15.8. The smallest absolute Gasteiger partial charge is 0.255 e. The number of hydrogen-bond acceptors (Lipinski definition) is 10. The van der Waals surface area contributed by atoms with E-state index in [1.807, 2.05) is 42.5 Å². The lowest BCUT2D eigenvalue weighted by atomic mass is 9.49. The van der Waals surface area contributed by atoms with Gasteiger partial charge in [0.15, 0.2) is 0 Å². The van der Waals surface area contributed by atoms with Crippen molar-refractivity contribution >= 4 is 45.9 Å². The van der Waals surface area contributed by atoms with Crippen molar-refractivity contribution in [2.24, 2.45) is 16.7 Å². The SMILES string of the molecule is CC1(C)C(NC(=O)c2ccc(N3CCC(CN4CCN(c5ccc6c(c5)CN([C@H]5CCC(=O)NC5=O)C6=O)CC4)CC3)cc2)C(C)(C)C1Oc1ccc(C#N)c2ncccc12. The summed E-state index contributed by atoms with van der Waals surface area (Å²) in [7, 11) is 0. The summed E-state index contributed by atoms with van der Waals surface area (Å²) in [5, 5.41) is 16.1. The molecule has 0 bridgehead atoms. The number of nitrogens with zero attached hydrogens (tertiary/aromatic N) is 6. The van der Waals surface area contributed by atoms with Crippen LogP contribution in [0.5, 0.6) is 5.75 Å². The maximum absolute atomic E-state index is 13.6. The Bertz CT molecular complexity index is 2410. The highest BCUT2D eigenvalue weighted by Crippen LogP contribution is 2.56. The topological polar surface area (TPSA) is 151 Å². The van der Waals surface area contributed by atoms with E-state index in [9.17, 15) is 24.4 Å². The first-order chi connectivity index (χ1) is 29.3. The zero-order chi connectivity index (χ0) is 42.6. The summed E-state index contributed by atoms with van der Waals surface area (Å²) < 4.78 is 6.67. The number of pyridine rings is 1. The number of ether oxygens (including phenoxy) is 1. The van der Waals surface area contributed by atoms with Gasteiger partial charge in [-0.15, -0.1) is 0 Å². The molecule has 4 amide bonds. The molecule has 316 valence electrons. The summed E-state index contributed by atoms with van der Waals surface area (Å²) in [5.74, 6) is 0.425. The lowest BCUT2D eigenvalue weighted by molar-refractivity contribution is -0.163. The van der Waals surface area contributed by atoms with Crippen LogP contribution in [0.4, 0.5) is 11.4 Å². The first-order valence-electron chi connectivity index (χ1n) is 21.7. The van der Waals surface area contributed by atoms with Crippen molar-refractivity contribution in [3.05, 3.63) is 95.2 Å². The van der Waals surface area contributed by atoms with Gasteiger partial charge in [0.05, 0.1) is 11.1 Å². The van der Waals surface area contributed by atoms with Gasteiger partial charge in [-0.2, -0.15) is 5.26 Å². The molecule has 1 atom stereocenters. The maximum Gasteiger partial charge on any atom is 0.255 e. The fourth-order valence-corrected chi connectivity index (χ4v) is 11.0. The molecule has 5 aliphatic rings. The van der Waals surface area contributed by atoms with Crippen molar-refractivity contribution in [2.75, 3.05) is 55.6 Å². The summed E-state index contributed by atoms with van der Waals surface area (Å²) in [6.45, 7) is 15.8. The largest absolute Gasteiger partial charge is 0.488 e. The Morgan fingerprint density at radius 1 is 0.885 bits per heavy atom. The van der Waals surface area contributed by atoms with Gasteiger partial charge >= 0.3 is 0 Å². The molecule has 0 radical (unpaired) electrons. The van der Waals surface area contributed by atoms with Gasteiger partial charge < -0.3 is 24.8 Å². The third-order valence-corrected chi connectivity index (χ3v) is 14.1. The molecule has 4 aliphatic heterocycles. The predicted molar refractivity (Wildman–Crippen MR) is 232 cm³/mol. The van der Waals surface area contributed by atoms with Crippen molar-refractivity contribution in [3.8, 4) is 11.8 Å². The Hall–Kier alpha value is -6.00. The van der Waals surface area contributed by atoms with Crippen LogP contribution in [0, 0.1) is 28.1 Å².